The van der Waals surface area contributed by atoms with Crippen LogP contribution in [0.1, 0.15) is 13.3 Å². The maximum atomic E-state index is 9.95. The molecule has 212 valence electrons. The predicted octanol–water partition coefficient (Wildman–Crippen LogP) is 4.59. The molecule has 0 unspecified atom stereocenters. The van der Waals surface area contributed by atoms with Crippen molar-refractivity contribution in [2.75, 3.05) is 19.8 Å². The highest BCUT2D eigenvalue weighted by Crippen LogP contribution is 2.18. The Morgan fingerprint density at radius 2 is 0.769 bits per heavy atom. The summed E-state index contributed by atoms with van der Waals surface area (Å²) in [5.41, 5.74) is -0.667. The van der Waals surface area contributed by atoms with E-state index in [0.29, 0.717) is 23.7 Å². The molecule has 0 amide bonds. The quantitative estimate of drug-likeness (QED) is 0.177. The molecule has 0 bridgehead atoms. The summed E-state index contributed by atoms with van der Waals surface area (Å²) in [6.45, 7) is 1.35. The van der Waals surface area contributed by atoms with Crippen LogP contribution < -0.4 is 14.2 Å². The number of carboxylic acid groups (broad SMARTS) is 3. The highest BCUT2D eigenvalue weighted by atomic mass is 16.7. The minimum atomic E-state index is -1.29. The van der Waals surface area contributed by atoms with Gasteiger partial charge in [0.2, 0.25) is 0 Å². The molecule has 12 nitrogen and oxygen atoms in total. The summed E-state index contributed by atoms with van der Waals surface area (Å²) < 4.78 is 13.0. The Kier molecular flexibility index (Phi) is 18.0. The number of carbonyl (C=O) groups is 3. The Bertz CT molecular complexity index is 916. The van der Waals surface area contributed by atoms with E-state index < -0.39 is 23.9 Å². The standard InChI is InChI=1S/3C7H6O3.C6H14O3/c3*8-7(9)10-6-4-2-1-3-5-6;1-2-6(3-7,4-8)5-9/h3*1-5H,(H,8,9);7-9H,2-5H2,1H3. The molecule has 0 aliphatic carbocycles. The van der Waals surface area contributed by atoms with Crippen molar-refractivity contribution in [2.45, 2.75) is 13.3 Å². The van der Waals surface area contributed by atoms with Crippen molar-refractivity contribution in [1.82, 2.24) is 0 Å². The number of hydrogen-bond acceptors (Lipinski definition) is 9. The zero-order valence-corrected chi connectivity index (χ0v) is 21.1. The van der Waals surface area contributed by atoms with Crippen LogP contribution in [0.25, 0.3) is 0 Å². The Morgan fingerprint density at radius 1 is 0.538 bits per heavy atom. The van der Waals surface area contributed by atoms with E-state index in [1.807, 2.05) is 6.92 Å². The number of rotatable bonds is 7. The first-order valence-electron chi connectivity index (χ1n) is 11.3. The molecule has 0 atom stereocenters. The summed E-state index contributed by atoms with van der Waals surface area (Å²) in [6, 6.07) is 25.1. The number of benzene rings is 3. The van der Waals surface area contributed by atoms with Gasteiger partial charge in [-0.15, -0.1) is 0 Å². The van der Waals surface area contributed by atoms with Gasteiger partial charge in [-0.05, 0) is 42.8 Å². The minimum Gasteiger partial charge on any atom is -0.449 e. The second-order valence-corrected chi connectivity index (χ2v) is 7.37. The first-order valence-corrected chi connectivity index (χ1v) is 11.3. The molecule has 0 fully saturated rings. The van der Waals surface area contributed by atoms with Crippen LogP contribution in [0.5, 0.6) is 17.2 Å². The first kappa shape index (κ1) is 34.4. The molecule has 0 aliphatic heterocycles. The van der Waals surface area contributed by atoms with Gasteiger partial charge in [0.25, 0.3) is 0 Å². The number of aliphatic hydroxyl groups is 3. The topological polar surface area (TPSA) is 200 Å². The van der Waals surface area contributed by atoms with Crippen molar-refractivity contribution in [2.24, 2.45) is 5.41 Å². The fourth-order valence-corrected chi connectivity index (χ4v) is 2.25. The smallest absolute Gasteiger partial charge is 0.449 e. The van der Waals surface area contributed by atoms with Crippen LogP contribution in [0.3, 0.4) is 0 Å². The predicted molar refractivity (Wildman–Crippen MR) is 139 cm³/mol. The zero-order valence-electron chi connectivity index (χ0n) is 21.1. The van der Waals surface area contributed by atoms with Crippen molar-refractivity contribution in [3.05, 3.63) is 91.0 Å². The summed E-state index contributed by atoms with van der Waals surface area (Å²) in [6.07, 6.45) is -3.26. The highest BCUT2D eigenvalue weighted by Gasteiger charge is 2.24. The first-order chi connectivity index (χ1) is 18.6. The number of para-hydroxylation sites is 3. The molecular weight excluding hydrogens is 516 g/mol. The van der Waals surface area contributed by atoms with Crippen molar-refractivity contribution >= 4 is 18.5 Å². The Balaban J connectivity index is 0.000000494. The van der Waals surface area contributed by atoms with Crippen molar-refractivity contribution in [1.29, 1.82) is 0 Å². The van der Waals surface area contributed by atoms with E-state index in [1.165, 1.54) is 0 Å². The molecule has 0 aromatic heterocycles. The highest BCUT2D eigenvalue weighted by molar-refractivity contribution is 5.61. The molecule has 12 heteroatoms. The summed E-state index contributed by atoms with van der Waals surface area (Å²) in [5, 5.41) is 50.4. The summed E-state index contributed by atoms with van der Waals surface area (Å²) >= 11 is 0. The molecule has 0 radical (unpaired) electrons. The molecule has 3 aromatic rings. The fourth-order valence-electron chi connectivity index (χ4n) is 2.25. The van der Waals surface area contributed by atoms with Crippen LogP contribution in [0.4, 0.5) is 14.4 Å². The molecule has 0 saturated heterocycles. The van der Waals surface area contributed by atoms with Crippen LogP contribution in [0.15, 0.2) is 91.0 Å². The number of aliphatic hydroxyl groups excluding tert-OH is 3. The minimum absolute atomic E-state index is 0.156. The lowest BCUT2D eigenvalue weighted by Crippen LogP contribution is -2.32. The van der Waals surface area contributed by atoms with Gasteiger partial charge in [-0.3, -0.25) is 0 Å². The van der Waals surface area contributed by atoms with E-state index in [1.54, 1.807) is 91.0 Å². The van der Waals surface area contributed by atoms with E-state index in [0.717, 1.165) is 0 Å². The molecular formula is C27H32O12. The maximum Gasteiger partial charge on any atom is 0.511 e. The third-order valence-electron chi connectivity index (χ3n) is 4.60. The van der Waals surface area contributed by atoms with Gasteiger partial charge in [-0.1, -0.05) is 61.5 Å². The molecule has 3 rings (SSSR count). The number of ether oxygens (including phenoxy) is 3. The van der Waals surface area contributed by atoms with E-state index >= 15 is 0 Å². The van der Waals surface area contributed by atoms with E-state index in [2.05, 4.69) is 14.2 Å². The van der Waals surface area contributed by atoms with E-state index in [4.69, 9.17) is 30.6 Å². The second kappa shape index (κ2) is 20.4. The Labute approximate surface area is 224 Å². The van der Waals surface area contributed by atoms with Gasteiger partial charge < -0.3 is 44.8 Å². The monoisotopic (exact) mass is 548 g/mol. The average Bonchev–Trinajstić information content (AvgIpc) is 2.92. The zero-order chi connectivity index (χ0) is 29.5. The van der Waals surface area contributed by atoms with Crippen molar-refractivity contribution in [3.63, 3.8) is 0 Å². The lowest BCUT2D eigenvalue weighted by atomic mass is 9.88. The van der Waals surface area contributed by atoms with Crippen molar-refractivity contribution < 1.29 is 59.2 Å². The summed E-state index contributed by atoms with van der Waals surface area (Å²) in [7, 11) is 0. The van der Waals surface area contributed by atoms with Crippen LogP contribution >= 0.6 is 0 Å². The van der Waals surface area contributed by atoms with Gasteiger partial charge in [-0.2, -0.15) is 0 Å². The largest absolute Gasteiger partial charge is 0.511 e. The average molecular weight is 549 g/mol. The third-order valence-corrected chi connectivity index (χ3v) is 4.60. The van der Waals surface area contributed by atoms with Crippen LogP contribution in [0, 0.1) is 5.41 Å². The van der Waals surface area contributed by atoms with Crippen LogP contribution in [-0.4, -0.2) is 68.9 Å². The fraction of sp³-hybridized carbons (Fsp3) is 0.222. The lowest BCUT2D eigenvalue weighted by molar-refractivity contribution is 0.00303. The summed E-state index contributed by atoms with van der Waals surface area (Å²) in [4.78, 5) is 29.8. The number of hydrogen-bond donors (Lipinski definition) is 6. The molecule has 0 saturated carbocycles. The Hall–Kier alpha value is -4.65. The molecule has 39 heavy (non-hydrogen) atoms. The van der Waals surface area contributed by atoms with Gasteiger partial charge in [0.1, 0.15) is 17.2 Å². The van der Waals surface area contributed by atoms with Gasteiger partial charge in [0.05, 0.1) is 19.8 Å². The molecule has 0 heterocycles. The third kappa shape index (κ3) is 17.4. The molecule has 6 N–H and O–H groups in total. The second-order valence-electron chi connectivity index (χ2n) is 7.37. The summed E-state index contributed by atoms with van der Waals surface area (Å²) in [5.74, 6) is 1.03. The van der Waals surface area contributed by atoms with Crippen LogP contribution in [-0.2, 0) is 0 Å². The molecule has 0 aliphatic rings. The van der Waals surface area contributed by atoms with Gasteiger partial charge in [0.15, 0.2) is 0 Å². The van der Waals surface area contributed by atoms with E-state index in [9.17, 15) is 14.4 Å². The normalized spacial score (nSPS) is 9.54. The maximum absolute atomic E-state index is 9.95. The molecule has 0 spiro atoms. The Morgan fingerprint density at radius 3 is 0.897 bits per heavy atom. The lowest BCUT2D eigenvalue weighted by Gasteiger charge is -2.24. The molecule has 3 aromatic carbocycles. The van der Waals surface area contributed by atoms with Gasteiger partial charge in [-0.25, -0.2) is 14.4 Å². The SMILES string of the molecule is CCC(CO)(CO)CO.O=C(O)Oc1ccccc1.O=C(O)Oc1ccccc1.O=C(O)Oc1ccccc1. The van der Waals surface area contributed by atoms with Crippen LogP contribution in [0.2, 0.25) is 0 Å². The van der Waals surface area contributed by atoms with Gasteiger partial charge >= 0.3 is 18.5 Å². The van der Waals surface area contributed by atoms with E-state index in [-0.39, 0.29) is 19.8 Å². The van der Waals surface area contributed by atoms with Gasteiger partial charge in [0, 0.05) is 5.41 Å². The van der Waals surface area contributed by atoms with Crippen molar-refractivity contribution in [3.8, 4) is 17.2 Å².